The number of aryl methyl sites for hydroxylation is 1. The van der Waals surface area contributed by atoms with Crippen molar-refractivity contribution in [2.24, 2.45) is 4.99 Å². The molecule has 3 aromatic carbocycles. The van der Waals surface area contributed by atoms with Crippen LogP contribution in [-0.2, 0) is 4.74 Å². The van der Waals surface area contributed by atoms with Crippen molar-refractivity contribution < 1.29 is 14.3 Å². The van der Waals surface area contributed by atoms with E-state index in [4.69, 9.17) is 26.1 Å². The third kappa shape index (κ3) is 3.51. The van der Waals surface area contributed by atoms with Gasteiger partial charge < -0.3 is 9.47 Å². The maximum Gasteiger partial charge on any atom is 0.337 e. The molecule has 0 atom stereocenters. The van der Waals surface area contributed by atoms with E-state index in [1.807, 2.05) is 49.4 Å². The van der Waals surface area contributed by atoms with Crippen LogP contribution in [0.3, 0.4) is 0 Å². The molecule has 0 aliphatic carbocycles. The van der Waals surface area contributed by atoms with Crippen LogP contribution < -0.4 is 4.74 Å². The van der Waals surface area contributed by atoms with Gasteiger partial charge in [0, 0.05) is 11.1 Å². The number of fused-ring (bicyclic) bond motifs is 1. The molecule has 0 amide bonds. The van der Waals surface area contributed by atoms with Gasteiger partial charge in [0.1, 0.15) is 18.0 Å². The van der Waals surface area contributed by atoms with Gasteiger partial charge in [-0.2, -0.15) is 0 Å². The monoisotopic (exact) mass is 391 g/mol. The average molecular weight is 392 g/mol. The second-order valence-electron chi connectivity index (χ2n) is 6.56. The highest BCUT2D eigenvalue weighted by Crippen LogP contribution is 2.34. The number of hydrogen-bond donors (Lipinski definition) is 0. The molecule has 0 saturated heterocycles. The SMILES string of the molecule is COC(=O)c1ccc(C)c(-c2ccc(C3=Nc4ccc(Cl)cc4OC3)cc2)c1. The highest BCUT2D eigenvalue weighted by molar-refractivity contribution is 6.30. The highest BCUT2D eigenvalue weighted by atomic mass is 35.5. The van der Waals surface area contributed by atoms with E-state index >= 15 is 0 Å². The van der Waals surface area contributed by atoms with Crippen LogP contribution in [0, 0.1) is 6.92 Å². The minimum atomic E-state index is -0.342. The lowest BCUT2D eigenvalue weighted by molar-refractivity contribution is 0.0601. The number of esters is 1. The molecule has 28 heavy (non-hydrogen) atoms. The number of rotatable bonds is 3. The summed E-state index contributed by atoms with van der Waals surface area (Å²) in [6.45, 7) is 2.41. The second-order valence-corrected chi connectivity index (χ2v) is 6.99. The zero-order chi connectivity index (χ0) is 19.7. The van der Waals surface area contributed by atoms with E-state index in [1.54, 1.807) is 18.2 Å². The molecule has 4 rings (SSSR count). The van der Waals surface area contributed by atoms with Crippen LogP contribution in [0.5, 0.6) is 5.75 Å². The van der Waals surface area contributed by atoms with Crippen molar-refractivity contribution in [2.45, 2.75) is 6.92 Å². The van der Waals surface area contributed by atoms with Crippen molar-refractivity contribution in [1.29, 1.82) is 0 Å². The summed E-state index contributed by atoms with van der Waals surface area (Å²) in [7, 11) is 1.38. The Morgan fingerprint density at radius 3 is 2.54 bits per heavy atom. The summed E-state index contributed by atoms with van der Waals surface area (Å²) >= 11 is 6.00. The zero-order valence-electron chi connectivity index (χ0n) is 15.5. The number of benzene rings is 3. The normalized spacial score (nSPS) is 12.6. The summed E-state index contributed by atoms with van der Waals surface area (Å²) in [5, 5.41) is 0.631. The molecule has 4 nitrogen and oxygen atoms in total. The zero-order valence-corrected chi connectivity index (χ0v) is 16.3. The number of aliphatic imine (C=N–C) groups is 1. The Bertz CT molecular complexity index is 1090. The molecule has 3 aromatic rings. The summed E-state index contributed by atoms with van der Waals surface area (Å²) in [5.74, 6) is 0.355. The topological polar surface area (TPSA) is 47.9 Å². The molecule has 140 valence electrons. The molecule has 0 spiro atoms. The Balaban J connectivity index is 1.65. The Morgan fingerprint density at radius 2 is 1.79 bits per heavy atom. The smallest absolute Gasteiger partial charge is 0.337 e. The van der Waals surface area contributed by atoms with Crippen LogP contribution >= 0.6 is 11.6 Å². The molecule has 0 unspecified atom stereocenters. The molecule has 0 aromatic heterocycles. The van der Waals surface area contributed by atoms with Gasteiger partial charge >= 0.3 is 5.97 Å². The number of halogens is 1. The van der Waals surface area contributed by atoms with E-state index < -0.39 is 0 Å². The van der Waals surface area contributed by atoms with Gasteiger partial charge in [-0.05, 0) is 53.4 Å². The fourth-order valence-corrected chi connectivity index (χ4v) is 3.35. The van der Waals surface area contributed by atoms with Gasteiger partial charge in [-0.15, -0.1) is 0 Å². The van der Waals surface area contributed by atoms with Crippen LogP contribution in [0.1, 0.15) is 21.5 Å². The molecular formula is C23H18ClNO3. The first kappa shape index (κ1) is 18.3. The van der Waals surface area contributed by atoms with Crippen LogP contribution in [-0.4, -0.2) is 25.4 Å². The average Bonchev–Trinajstić information content (AvgIpc) is 2.73. The summed E-state index contributed by atoms with van der Waals surface area (Å²) < 4.78 is 10.6. The van der Waals surface area contributed by atoms with Gasteiger partial charge in [0.2, 0.25) is 0 Å². The fourth-order valence-electron chi connectivity index (χ4n) is 3.19. The van der Waals surface area contributed by atoms with Gasteiger partial charge in [0.05, 0.1) is 18.4 Å². The standard InChI is InChI=1S/C23H18ClNO3/c1-14-3-4-17(23(26)27-2)11-19(14)15-5-7-16(8-6-15)21-13-28-22-12-18(24)9-10-20(22)25-21/h3-12H,13H2,1-2H3. The number of methoxy groups -OCH3 is 1. The van der Waals surface area contributed by atoms with Crippen molar-refractivity contribution >= 4 is 29.0 Å². The lowest BCUT2D eigenvalue weighted by atomic mass is 9.96. The van der Waals surface area contributed by atoms with Gasteiger partial charge in [0.25, 0.3) is 0 Å². The lowest BCUT2D eigenvalue weighted by Gasteiger charge is -2.17. The van der Waals surface area contributed by atoms with E-state index in [0.29, 0.717) is 22.9 Å². The summed E-state index contributed by atoms with van der Waals surface area (Å²) in [5.41, 5.74) is 6.27. The van der Waals surface area contributed by atoms with Crippen molar-refractivity contribution in [3.05, 3.63) is 82.4 Å². The van der Waals surface area contributed by atoms with Crippen LogP contribution in [0.15, 0.2) is 65.7 Å². The van der Waals surface area contributed by atoms with Crippen molar-refractivity contribution in [3.63, 3.8) is 0 Å². The van der Waals surface area contributed by atoms with E-state index in [2.05, 4.69) is 0 Å². The lowest BCUT2D eigenvalue weighted by Crippen LogP contribution is -2.16. The third-order valence-electron chi connectivity index (χ3n) is 4.73. The number of hydrogen-bond acceptors (Lipinski definition) is 4. The van der Waals surface area contributed by atoms with Crippen molar-refractivity contribution in [2.75, 3.05) is 13.7 Å². The van der Waals surface area contributed by atoms with E-state index in [0.717, 1.165) is 33.7 Å². The van der Waals surface area contributed by atoms with E-state index in [1.165, 1.54) is 7.11 Å². The maximum absolute atomic E-state index is 11.8. The second kappa shape index (κ2) is 7.49. The molecular weight excluding hydrogens is 374 g/mol. The largest absolute Gasteiger partial charge is 0.485 e. The first-order valence-electron chi connectivity index (χ1n) is 8.85. The van der Waals surface area contributed by atoms with Crippen molar-refractivity contribution in [1.82, 2.24) is 0 Å². The van der Waals surface area contributed by atoms with Gasteiger partial charge in [-0.3, -0.25) is 0 Å². The first-order chi connectivity index (χ1) is 13.5. The molecule has 0 fully saturated rings. The Kier molecular flexibility index (Phi) is 4.88. The number of nitrogens with zero attached hydrogens (tertiary/aromatic N) is 1. The van der Waals surface area contributed by atoms with Crippen LogP contribution in [0.2, 0.25) is 5.02 Å². The summed E-state index contributed by atoms with van der Waals surface area (Å²) in [4.78, 5) is 16.5. The molecule has 0 radical (unpaired) electrons. The number of carbonyl (C=O) groups excluding carboxylic acids is 1. The summed E-state index contributed by atoms with van der Waals surface area (Å²) in [6, 6.07) is 19.1. The minimum Gasteiger partial charge on any atom is -0.485 e. The van der Waals surface area contributed by atoms with E-state index in [-0.39, 0.29) is 5.97 Å². The van der Waals surface area contributed by atoms with E-state index in [9.17, 15) is 4.79 Å². The molecule has 5 heteroatoms. The van der Waals surface area contributed by atoms with Gasteiger partial charge in [0.15, 0.2) is 0 Å². The number of ether oxygens (including phenoxy) is 2. The molecule has 0 N–H and O–H groups in total. The third-order valence-corrected chi connectivity index (χ3v) is 4.96. The Hall–Kier alpha value is -3.11. The highest BCUT2D eigenvalue weighted by Gasteiger charge is 2.15. The quantitative estimate of drug-likeness (QED) is 0.545. The van der Waals surface area contributed by atoms with Crippen LogP contribution in [0.25, 0.3) is 11.1 Å². The Morgan fingerprint density at radius 1 is 1.04 bits per heavy atom. The minimum absolute atomic E-state index is 0.342. The molecule has 1 aliphatic heterocycles. The Labute approximate surface area is 168 Å². The molecule has 0 bridgehead atoms. The summed E-state index contributed by atoms with van der Waals surface area (Å²) in [6.07, 6.45) is 0. The predicted molar refractivity (Wildman–Crippen MR) is 111 cm³/mol. The van der Waals surface area contributed by atoms with Crippen LogP contribution in [0.4, 0.5) is 5.69 Å². The molecule has 0 saturated carbocycles. The fraction of sp³-hybridized carbons (Fsp3) is 0.130. The molecule has 1 aliphatic rings. The predicted octanol–water partition coefficient (Wildman–Crippen LogP) is 5.62. The molecule has 1 heterocycles. The maximum atomic E-state index is 11.8. The number of carbonyl (C=O) groups is 1. The first-order valence-corrected chi connectivity index (χ1v) is 9.22. The van der Waals surface area contributed by atoms with Gasteiger partial charge in [-0.25, -0.2) is 9.79 Å². The van der Waals surface area contributed by atoms with Gasteiger partial charge in [-0.1, -0.05) is 41.9 Å². The van der Waals surface area contributed by atoms with Crippen molar-refractivity contribution in [3.8, 4) is 16.9 Å².